The van der Waals surface area contributed by atoms with Gasteiger partial charge in [0.15, 0.2) is 11.5 Å². The largest absolute Gasteiger partial charge is 0.493 e. The molecule has 0 aliphatic carbocycles. The molecule has 1 atom stereocenters. The number of benzene rings is 2. The smallest absolute Gasteiger partial charge is 0.161 e. The van der Waals surface area contributed by atoms with Gasteiger partial charge in [-0.25, -0.2) is 4.39 Å². The topological polar surface area (TPSA) is 38.7 Å². The molecule has 0 fully saturated rings. The van der Waals surface area contributed by atoms with E-state index in [1.807, 2.05) is 13.8 Å². The van der Waals surface area contributed by atoms with Crippen LogP contribution in [-0.2, 0) is 0 Å². The Bertz CT molecular complexity index is 653. The van der Waals surface area contributed by atoms with E-state index in [0.717, 1.165) is 11.1 Å². The number of hydrogen-bond donors (Lipinski definition) is 1. The van der Waals surface area contributed by atoms with Gasteiger partial charge in [0, 0.05) is 5.56 Å². The summed E-state index contributed by atoms with van der Waals surface area (Å²) in [4.78, 5) is 0. The molecule has 2 rings (SSSR count). The summed E-state index contributed by atoms with van der Waals surface area (Å²) < 4.78 is 24.4. The molecule has 4 heteroatoms. The van der Waals surface area contributed by atoms with Crippen LogP contribution in [0.3, 0.4) is 0 Å². The summed E-state index contributed by atoms with van der Waals surface area (Å²) in [7, 11) is 3.07. The van der Waals surface area contributed by atoms with Gasteiger partial charge in [0.1, 0.15) is 11.9 Å². The molecule has 0 aliphatic rings. The summed E-state index contributed by atoms with van der Waals surface area (Å²) >= 11 is 0. The molecule has 0 saturated carbocycles. The van der Waals surface area contributed by atoms with Crippen LogP contribution in [0, 0.1) is 19.7 Å². The van der Waals surface area contributed by atoms with Crippen molar-refractivity contribution in [2.45, 2.75) is 20.0 Å². The lowest BCUT2D eigenvalue weighted by Gasteiger charge is -2.18. The molecule has 2 aromatic carbocycles. The van der Waals surface area contributed by atoms with Gasteiger partial charge in [-0.1, -0.05) is 17.7 Å². The number of halogens is 1. The molecule has 0 bridgehead atoms. The average molecular weight is 290 g/mol. The van der Waals surface area contributed by atoms with E-state index in [1.54, 1.807) is 31.4 Å². The van der Waals surface area contributed by atoms with Gasteiger partial charge in [-0.3, -0.25) is 0 Å². The van der Waals surface area contributed by atoms with Crippen molar-refractivity contribution in [1.82, 2.24) is 0 Å². The standard InChI is InChI=1S/C17H19FO3/c1-10-5-6-14(18)13(7-10)17(19)12-9-16(21-4)15(20-3)8-11(12)2/h5-9,17,19H,1-4H3. The zero-order chi connectivity index (χ0) is 15.6. The predicted octanol–water partition coefficient (Wildman–Crippen LogP) is 3.54. The highest BCUT2D eigenvalue weighted by Crippen LogP contribution is 2.35. The monoisotopic (exact) mass is 290 g/mol. The predicted molar refractivity (Wildman–Crippen MR) is 79.5 cm³/mol. The zero-order valence-electron chi connectivity index (χ0n) is 12.6. The Labute approximate surface area is 124 Å². The third kappa shape index (κ3) is 3.00. The fraction of sp³-hybridized carbons (Fsp3) is 0.294. The minimum Gasteiger partial charge on any atom is -0.493 e. The number of hydrogen-bond acceptors (Lipinski definition) is 3. The lowest BCUT2D eigenvalue weighted by atomic mass is 9.95. The summed E-state index contributed by atoms with van der Waals surface area (Å²) in [6.07, 6.45) is -1.05. The molecule has 1 N–H and O–H groups in total. The van der Waals surface area contributed by atoms with Gasteiger partial charge >= 0.3 is 0 Å². The second kappa shape index (κ2) is 6.14. The molecular formula is C17H19FO3. The van der Waals surface area contributed by atoms with Crippen LogP contribution >= 0.6 is 0 Å². The number of methoxy groups -OCH3 is 2. The fourth-order valence-electron chi connectivity index (χ4n) is 2.33. The van der Waals surface area contributed by atoms with Crippen molar-refractivity contribution in [3.63, 3.8) is 0 Å². The van der Waals surface area contributed by atoms with E-state index in [9.17, 15) is 9.50 Å². The number of aliphatic hydroxyl groups excluding tert-OH is 1. The van der Waals surface area contributed by atoms with Crippen molar-refractivity contribution in [3.8, 4) is 11.5 Å². The maximum absolute atomic E-state index is 13.9. The molecule has 0 radical (unpaired) electrons. The lowest BCUT2D eigenvalue weighted by Crippen LogP contribution is -2.06. The van der Waals surface area contributed by atoms with Gasteiger partial charge in [0.25, 0.3) is 0 Å². The second-order valence-electron chi connectivity index (χ2n) is 4.99. The van der Waals surface area contributed by atoms with Gasteiger partial charge in [-0.2, -0.15) is 0 Å². The first kappa shape index (κ1) is 15.3. The average Bonchev–Trinajstić information content (AvgIpc) is 2.48. The Morgan fingerprint density at radius 3 is 2.19 bits per heavy atom. The summed E-state index contributed by atoms with van der Waals surface area (Å²) in [5.74, 6) is 0.656. The van der Waals surface area contributed by atoms with Gasteiger partial charge in [-0.15, -0.1) is 0 Å². The van der Waals surface area contributed by atoms with Crippen LogP contribution in [-0.4, -0.2) is 19.3 Å². The van der Waals surface area contributed by atoms with Crippen molar-refractivity contribution in [2.75, 3.05) is 14.2 Å². The lowest BCUT2D eigenvalue weighted by molar-refractivity contribution is 0.213. The Morgan fingerprint density at radius 2 is 1.57 bits per heavy atom. The van der Waals surface area contributed by atoms with Gasteiger partial charge in [0.05, 0.1) is 14.2 Å². The molecule has 112 valence electrons. The van der Waals surface area contributed by atoms with Crippen LogP contribution in [0.25, 0.3) is 0 Å². The van der Waals surface area contributed by atoms with E-state index >= 15 is 0 Å². The van der Waals surface area contributed by atoms with E-state index < -0.39 is 11.9 Å². The third-order valence-corrected chi connectivity index (χ3v) is 3.51. The van der Waals surface area contributed by atoms with Crippen molar-refractivity contribution >= 4 is 0 Å². The minimum atomic E-state index is -1.05. The van der Waals surface area contributed by atoms with Gasteiger partial charge in [-0.05, 0) is 43.2 Å². The molecule has 0 aliphatic heterocycles. The van der Waals surface area contributed by atoms with Crippen molar-refractivity contribution < 1.29 is 19.0 Å². The Morgan fingerprint density at radius 1 is 0.952 bits per heavy atom. The van der Waals surface area contributed by atoms with Gasteiger partial charge in [0.2, 0.25) is 0 Å². The van der Waals surface area contributed by atoms with E-state index in [0.29, 0.717) is 17.1 Å². The van der Waals surface area contributed by atoms with Crippen LogP contribution in [0.2, 0.25) is 0 Å². The van der Waals surface area contributed by atoms with Crippen LogP contribution < -0.4 is 9.47 Å². The minimum absolute atomic E-state index is 0.255. The first-order valence-electron chi connectivity index (χ1n) is 6.64. The quantitative estimate of drug-likeness (QED) is 0.936. The Hall–Kier alpha value is -2.07. The molecular weight excluding hydrogens is 271 g/mol. The highest BCUT2D eigenvalue weighted by Gasteiger charge is 2.19. The van der Waals surface area contributed by atoms with Crippen LogP contribution in [0.15, 0.2) is 30.3 Å². The van der Waals surface area contributed by atoms with Crippen molar-refractivity contribution in [1.29, 1.82) is 0 Å². The van der Waals surface area contributed by atoms with E-state index in [-0.39, 0.29) is 5.56 Å². The van der Waals surface area contributed by atoms with E-state index in [4.69, 9.17) is 9.47 Å². The van der Waals surface area contributed by atoms with Crippen LogP contribution in [0.1, 0.15) is 28.4 Å². The molecule has 0 amide bonds. The highest BCUT2D eigenvalue weighted by molar-refractivity contribution is 5.49. The summed E-state index contributed by atoms with van der Waals surface area (Å²) in [5.41, 5.74) is 2.55. The third-order valence-electron chi connectivity index (χ3n) is 3.51. The van der Waals surface area contributed by atoms with E-state index in [1.165, 1.54) is 13.2 Å². The molecule has 2 aromatic rings. The fourth-order valence-corrected chi connectivity index (χ4v) is 2.33. The molecule has 21 heavy (non-hydrogen) atoms. The zero-order valence-corrected chi connectivity index (χ0v) is 12.6. The normalized spacial score (nSPS) is 12.1. The summed E-state index contributed by atoms with van der Waals surface area (Å²) in [6.45, 7) is 3.70. The Balaban J connectivity index is 2.52. The van der Waals surface area contributed by atoms with Crippen molar-refractivity contribution in [2.24, 2.45) is 0 Å². The summed E-state index contributed by atoms with van der Waals surface area (Å²) in [5, 5.41) is 10.5. The number of aryl methyl sites for hydroxylation is 2. The molecule has 0 aromatic heterocycles. The first-order chi connectivity index (χ1) is 9.97. The molecule has 0 heterocycles. The maximum atomic E-state index is 13.9. The first-order valence-corrected chi connectivity index (χ1v) is 6.64. The number of rotatable bonds is 4. The molecule has 1 unspecified atom stereocenters. The molecule has 3 nitrogen and oxygen atoms in total. The van der Waals surface area contributed by atoms with Gasteiger partial charge < -0.3 is 14.6 Å². The maximum Gasteiger partial charge on any atom is 0.161 e. The van der Waals surface area contributed by atoms with Crippen LogP contribution in [0.4, 0.5) is 4.39 Å². The summed E-state index contributed by atoms with van der Waals surface area (Å²) in [6, 6.07) is 8.14. The Kier molecular flexibility index (Phi) is 4.48. The highest BCUT2D eigenvalue weighted by atomic mass is 19.1. The second-order valence-corrected chi connectivity index (χ2v) is 4.99. The number of aliphatic hydroxyl groups is 1. The van der Waals surface area contributed by atoms with Crippen LogP contribution in [0.5, 0.6) is 11.5 Å². The van der Waals surface area contributed by atoms with Crippen molar-refractivity contribution in [3.05, 3.63) is 58.4 Å². The molecule has 0 saturated heterocycles. The number of ether oxygens (including phenoxy) is 2. The molecule has 0 spiro atoms. The van der Waals surface area contributed by atoms with E-state index in [2.05, 4.69) is 0 Å². The SMILES string of the molecule is COc1cc(C)c(C(O)c2cc(C)ccc2F)cc1OC.